The van der Waals surface area contributed by atoms with Gasteiger partial charge < -0.3 is 47.0 Å². The van der Waals surface area contributed by atoms with Gasteiger partial charge in [-0.25, -0.2) is 9.59 Å². The third-order valence-corrected chi connectivity index (χ3v) is 10.8. The molecular formula is C45H59N7O9. The first kappa shape index (κ1) is 47.2. The Labute approximate surface area is 356 Å². The van der Waals surface area contributed by atoms with Crippen molar-refractivity contribution in [2.75, 3.05) is 20.1 Å². The molecule has 0 radical (unpaired) electrons. The van der Waals surface area contributed by atoms with Crippen LogP contribution in [-0.2, 0) is 48.0 Å². The monoisotopic (exact) mass is 841 g/mol. The van der Waals surface area contributed by atoms with E-state index in [0.29, 0.717) is 37.7 Å². The zero-order valence-corrected chi connectivity index (χ0v) is 35.0. The molecule has 0 bridgehead atoms. The first-order valence-electron chi connectivity index (χ1n) is 20.8. The SMILES string of the molecule is CC[C@@H](C)[C@@H]1NC(=O)[C@@H](NC(=O)N[C@@H](Cc2ccccc2)C(=O)O)CCCCNC(=O)[C@H](CCc2ccc(O)cc2)NC(=O)CN(C)C(=O)[C@H](CCc2ccccc2)NC1=O. The summed E-state index contributed by atoms with van der Waals surface area (Å²) in [5.74, 6) is -4.54. The molecule has 16 nitrogen and oxygen atoms in total. The first-order chi connectivity index (χ1) is 29.2. The number of carbonyl (C=O) groups excluding carboxylic acids is 6. The predicted octanol–water partition coefficient (Wildman–Crippen LogP) is 2.58. The highest BCUT2D eigenvalue weighted by Gasteiger charge is 2.34. The van der Waals surface area contributed by atoms with Gasteiger partial charge >= 0.3 is 12.0 Å². The van der Waals surface area contributed by atoms with E-state index in [9.17, 15) is 43.8 Å². The van der Waals surface area contributed by atoms with Crippen molar-refractivity contribution in [3.8, 4) is 5.75 Å². The maximum Gasteiger partial charge on any atom is 0.326 e. The van der Waals surface area contributed by atoms with Crippen molar-refractivity contribution in [2.45, 2.75) is 102 Å². The van der Waals surface area contributed by atoms with Crippen molar-refractivity contribution in [3.63, 3.8) is 0 Å². The van der Waals surface area contributed by atoms with Crippen molar-refractivity contribution in [1.29, 1.82) is 0 Å². The minimum absolute atomic E-state index is 0.00779. The molecule has 8 N–H and O–H groups in total. The van der Waals surface area contributed by atoms with E-state index in [0.717, 1.165) is 11.1 Å². The fraction of sp³-hybridized carbons (Fsp3) is 0.444. The number of amides is 7. The minimum Gasteiger partial charge on any atom is -0.508 e. The van der Waals surface area contributed by atoms with E-state index in [1.165, 1.54) is 24.1 Å². The number of carboxylic acid groups (broad SMARTS) is 1. The fourth-order valence-electron chi connectivity index (χ4n) is 6.96. The standard InChI is InChI=1S/C45H59N7O9/c1-4-29(2)39-42(57)48-36(25-21-30-13-7-5-8-14-30)43(58)52(3)28-38(54)47-35(24-20-31-18-22-33(53)23-19-31)40(55)46-26-12-11-17-34(41(56)51-39)49-45(61)50-37(44(59)60)27-32-15-9-6-10-16-32/h5-10,13-16,18-19,22-23,29,34-37,39,53H,4,11-12,17,20-21,24-28H2,1-3H3,(H,46,55)(H,47,54)(H,48,57)(H,51,56)(H,59,60)(H2,49,50,61)/t29-,34+,35+,36+,37+,39+/m1/s1. The number of urea groups is 1. The summed E-state index contributed by atoms with van der Waals surface area (Å²) in [6.07, 6.45) is 2.35. The van der Waals surface area contributed by atoms with Gasteiger partial charge in [0.05, 0.1) is 6.54 Å². The lowest BCUT2D eigenvalue weighted by molar-refractivity contribution is -0.140. The molecule has 7 amide bonds. The molecule has 1 saturated heterocycles. The van der Waals surface area contributed by atoms with Crippen LogP contribution in [0.1, 0.15) is 69.1 Å². The minimum atomic E-state index is -1.31. The molecule has 16 heteroatoms. The van der Waals surface area contributed by atoms with Crippen LogP contribution < -0.4 is 31.9 Å². The fourth-order valence-corrected chi connectivity index (χ4v) is 6.96. The van der Waals surface area contributed by atoms with Crippen LogP contribution in [0, 0.1) is 5.92 Å². The van der Waals surface area contributed by atoms with Crippen LogP contribution in [0.15, 0.2) is 84.9 Å². The molecule has 1 fully saturated rings. The zero-order valence-electron chi connectivity index (χ0n) is 35.0. The first-order valence-corrected chi connectivity index (χ1v) is 20.8. The number of nitrogens with one attached hydrogen (secondary N) is 6. The normalized spacial score (nSPS) is 20.9. The molecule has 6 atom stereocenters. The Morgan fingerprint density at radius 3 is 2.00 bits per heavy atom. The highest BCUT2D eigenvalue weighted by atomic mass is 16.4. The largest absolute Gasteiger partial charge is 0.508 e. The lowest BCUT2D eigenvalue weighted by Gasteiger charge is -2.30. The Kier molecular flexibility index (Phi) is 18.6. The average molecular weight is 842 g/mol. The van der Waals surface area contributed by atoms with Gasteiger partial charge in [0.15, 0.2) is 0 Å². The molecule has 61 heavy (non-hydrogen) atoms. The number of carboxylic acids is 1. The van der Waals surface area contributed by atoms with E-state index >= 15 is 0 Å². The maximum atomic E-state index is 14.1. The van der Waals surface area contributed by atoms with Gasteiger partial charge in [-0.2, -0.15) is 0 Å². The van der Waals surface area contributed by atoms with Gasteiger partial charge in [-0.3, -0.25) is 24.0 Å². The van der Waals surface area contributed by atoms with Gasteiger partial charge in [-0.05, 0) is 79.7 Å². The van der Waals surface area contributed by atoms with Crippen LogP contribution in [0.2, 0.25) is 0 Å². The second-order valence-corrected chi connectivity index (χ2v) is 15.5. The second-order valence-electron chi connectivity index (χ2n) is 15.5. The molecular weight excluding hydrogens is 783 g/mol. The summed E-state index contributed by atoms with van der Waals surface area (Å²) in [5, 5.41) is 35.9. The topological polar surface area (TPSA) is 235 Å². The molecule has 328 valence electrons. The van der Waals surface area contributed by atoms with Gasteiger partial charge in [-0.15, -0.1) is 0 Å². The van der Waals surface area contributed by atoms with Crippen LogP contribution >= 0.6 is 0 Å². The summed E-state index contributed by atoms with van der Waals surface area (Å²) in [5.41, 5.74) is 2.42. The second kappa shape index (κ2) is 24.0. The Morgan fingerprint density at radius 1 is 0.770 bits per heavy atom. The molecule has 1 aliphatic heterocycles. The number of phenolic OH excluding ortho intramolecular Hbond substituents is 1. The van der Waals surface area contributed by atoms with Crippen molar-refractivity contribution in [1.82, 2.24) is 36.8 Å². The van der Waals surface area contributed by atoms with Crippen molar-refractivity contribution < 1.29 is 43.8 Å². The number of likely N-dealkylation sites (N-methyl/N-ethyl adjacent to an activating group) is 1. The smallest absolute Gasteiger partial charge is 0.326 e. The number of hydrogen-bond donors (Lipinski definition) is 8. The van der Waals surface area contributed by atoms with Crippen molar-refractivity contribution in [2.24, 2.45) is 5.92 Å². The van der Waals surface area contributed by atoms with Crippen LogP contribution in [0.4, 0.5) is 4.79 Å². The zero-order chi connectivity index (χ0) is 44.3. The number of aromatic hydroxyl groups is 1. The van der Waals surface area contributed by atoms with Crippen LogP contribution in [-0.4, -0.2) is 107 Å². The lowest BCUT2D eigenvalue weighted by atomic mass is 9.96. The third-order valence-electron chi connectivity index (χ3n) is 10.8. The van der Waals surface area contributed by atoms with Gasteiger partial charge in [0, 0.05) is 20.0 Å². The molecule has 0 saturated carbocycles. The van der Waals surface area contributed by atoms with E-state index in [1.54, 1.807) is 49.4 Å². The Morgan fingerprint density at radius 2 is 1.38 bits per heavy atom. The van der Waals surface area contributed by atoms with E-state index in [1.807, 2.05) is 37.3 Å². The van der Waals surface area contributed by atoms with Crippen LogP contribution in [0.25, 0.3) is 0 Å². The van der Waals surface area contributed by atoms with Gasteiger partial charge in [0.2, 0.25) is 29.5 Å². The molecule has 0 spiro atoms. The quantitative estimate of drug-likeness (QED) is 0.126. The molecule has 3 aromatic carbocycles. The van der Waals surface area contributed by atoms with Crippen LogP contribution in [0.3, 0.4) is 0 Å². The number of rotatable bonds is 13. The number of hydrogen-bond acceptors (Lipinski definition) is 8. The molecule has 0 aliphatic carbocycles. The van der Waals surface area contributed by atoms with E-state index in [2.05, 4.69) is 31.9 Å². The van der Waals surface area contributed by atoms with E-state index in [4.69, 9.17) is 0 Å². The maximum absolute atomic E-state index is 14.1. The molecule has 1 aliphatic rings. The summed E-state index contributed by atoms with van der Waals surface area (Å²) in [7, 11) is 1.43. The molecule has 0 unspecified atom stereocenters. The van der Waals surface area contributed by atoms with E-state index < -0.39 is 84.2 Å². The Bertz CT molecular complexity index is 1930. The summed E-state index contributed by atoms with van der Waals surface area (Å²) in [4.78, 5) is 96.0. The number of aliphatic carboxylic acids is 1. The number of aryl methyl sites for hydroxylation is 2. The predicted molar refractivity (Wildman–Crippen MR) is 228 cm³/mol. The van der Waals surface area contributed by atoms with Gasteiger partial charge in [-0.1, -0.05) is 93.1 Å². The highest BCUT2D eigenvalue weighted by molar-refractivity contribution is 5.96. The lowest BCUT2D eigenvalue weighted by Crippen LogP contribution is -2.60. The van der Waals surface area contributed by atoms with Crippen molar-refractivity contribution >= 4 is 41.5 Å². The summed E-state index contributed by atoms with van der Waals surface area (Å²) in [6, 6.07) is 17.9. The van der Waals surface area contributed by atoms with E-state index in [-0.39, 0.29) is 38.0 Å². The molecule has 3 aromatic rings. The summed E-state index contributed by atoms with van der Waals surface area (Å²) >= 11 is 0. The number of nitrogens with zero attached hydrogens (tertiary/aromatic N) is 1. The average Bonchev–Trinajstić information content (AvgIpc) is 3.25. The van der Waals surface area contributed by atoms with Crippen LogP contribution in [0.5, 0.6) is 5.75 Å². The number of phenols is 1. The highest BCUT2D eigenvalue weighted by Crippen LogP contribution is 2.15. The molecule has 1 heterocycles. The number of benzene rings is 3. The molecule has 4 rings (SSSR count). The Balaban J connectivity index is 1.61. The Hall–Kier alpha value is -6.45. The summed E-state index contributed by atoms with van der Waals surface area (Å²) in [6.45, 7) is 3.36. The van der Waals surface area contributed by atoms with Gasteiger partial charge in [0.25, 0.3) is 0 Å². The summed E-state index contributed by atoms with van der Waals surface area (Å²) < 4.78 is 0. The number of carbonyl (C=O) groups is 7. The molecule has 0 aromatic heterocycles. The third kappa shape index (κ3) is 15.6. The van der Waals surface area contributed by atoms with Crippen molar-refractivity contribution in [3.05, 3.63) is 102 Å². The van der Waals surface area contributed by atoms with Gasteiger partial charge in [0.1, 0.15) is 36.0 Å².